The first-order valence-electron chi connectivity index (χ1n) is 6.83. The number of hydrogen-bond acceptors (Lipinski definition) is 5. The van der Waals surface area contributed by atoms with Gasteiger partial charge in [-0.15, -0.1) is 0 Å². The fourth-order valence-electron chi connectivity index (χ4n) is 2.59. The van der Waals surface area contributed by atoms with Crippen LogP contribution in [0, 0.1) is 0 Å². The number of carbonyl (C=O) groups excluding carboxylic acids is 1. The zero-order valence-electron chi connectivity index (χ0n) is 11.6. The molecule has 22 heavy (non-hydrogen) atoms. The van der Waals surface area contributed by atoms with Crippen LogP contribution in [-0.2, 0) is 4.79 Å². The van der Waals surface area contributed by atoms with E-state index in [-0.39, 0.29) is 17.2 Å². The number of hydrogen-bond donors (Lipinski definition) is 2. The summed E-state index contributed by atoms with van der Waals surface area (Å²) in [7, 11) is 0. The van der Waals surface area contributed by atoms with Gasteiger partial charge >= 0.3 is 0 Å². The minimum Gasteiger partial charge on any atom is -0.365 e. The summed E-state index contributed by atoms with van der Waals surface area (Å²) in [5.74, 6) is 0.449. The summed E-state index contributed by atoms with van der Waals surface area (Å²) in [5, 5.41) is 11.0. The van der Waals surface area contributed by atoms with Crippen LogP contribution in [0.25, 0.3) is 11.0 Å². The number of fused-ring (bicyclic) bond motifs is 1. The Bertz CT molecular complexity index is 731. The number of H-pyrrole nitrogens is 1. The number of halogens is 2. The summed E-state index contributed by atoms with van der Waals surface area (Å²) in [4.78, 5) is 21.7. The van der Waals surface area contributed by atoms with Crippen LogP contribution in [0.15, 0.2) is 12.7 Å². The first-order valence-corrected chi connectivity index (χ1v) is 7.59. The van der Waals surface area contributed by atoms with Crippen molar-refractivity contribution in [2.75, 3.05) is 18.4 Å². The molecule has 116 valence electrons. The van der Waals surface area contributed by atoms with Gasteiger partial charge < -0.3 is 10.2 Å². The highest BCUT2D eigenvalue weighted by Crippen LogP contribution is 2.28. The molecule has 1 fully saturated rings. The molecule has 1 aliphatic rings. The van der Waals surface area contributed by atoms with E-state index in [1.165, 1.54) is 6.08 Å². The van der Waals surface area contributed by atoms with Crippen molar-refractivity contribution < 1.29 is 4.79 Å². The number of carbonyl (C=O) groups is 1. The van der Waals surface area contributed by atoms with Crippen molar-refractivity contribution in [3.8, 4) is 0 Å². The lowest BCUT2D eigenvalue weighted by Crippen LogP contribution is -2.44. The van der Waals surface area contributed by atoms with Gasteiger partial charge in [-0.1, -0.05) is 18.2 Å². The molecule has 1 aliphatic heterocycles. The molecule has 0 saturated carbocycles. The Hall–Kier alpha value is -1.86. The minimum atomic E-state index is -0.0706. The first kappa shape index (κ1) is 15.1. The van der Waals surface area contributed by atoms with Crippen molar-refractivity contribution in [1.29, 1.82) is 0 Å². The Kier molecular flexibility index (Phi) is 4.17. The van der Waals surface area contributed by atoms with Crippen LogP contribution in [-0.4, -0.2) is 50.1 Å². The molecule has 0 aromatic carbocycles. The van der Waals surface area contributed by atoms with Crippen molar-refractivity contribution >= 4 is 46.0 Å². The Morgan fingerprint density at radius 3 is 3.05 bits per heavy atom. The van der Waals surface area contributed by atoms with Crippen molar-refractivity contribution in [3.05, 3.63) is 23.1 Å². The van der Waals surface area contributed by atoms with E-state index in [0.717, 1.165) is 19.4 Å². The molecule has 1 amide bonds. The average molecular weight is 341 g/mol. The Morgan fingerprint density at radius 2 is 2.27 bits per heavy atom. The van der Waals surface area contributed by atoms with E-state index in [9.17, 15) is 4.79 Å². The van der Waals surface area contributed by atoms with E-state index >= 15 is 0 Å². The van der Waals surface area contributed by atoms with Gasteiger partial charge in [0.15, 0.2) is 5.65 Å². The zero-order valence-corrected chi connectivity index (χ0v) is 13.2. The molecule has 0 unspecified atom stereocenters. The predicted molar refractivity (Wildman–Crippen MR) is 85.1 cm³/mol. The molecule has 0 spiro atoms. The van der Waals surface area contributed by atoms with Crippen LogP contribution < -0.4 is 5.32 Å². The van der Waals surface area contributed by atoms with Gasteiger partial charge in [0.25, 0.3) is 0 Å². The molecule has 1 saturated heterocycles. The van der Waals surface area contributed by atoms with Crippen LogP contribution in [0.2, 0.25) is 10.4 Å². The number of amides is 1. The summed E-state index contributed by atoms with van der Waals surface area (Å²) < 4.78 is 0. The third kappa shape index (κ3) is 2.86. The van der Waals surface area contributed by atoms with Crippen LogP contribution in [0.3, 0.4) is 0 Å². The SMILES string of the molecule is C=CC(=O)N1CCC[C@@H](Nc2nc(Cl)nc3n[nH]c(Cl)c23)C1. The third-order valence-electron chi connectivity index (χ3n) is 3.59. The number of piperidine rings is 1. The smallest absolute Gasteiger partial charge is 0.246 e. The molecule has 0 radical (unpaired) electrons. The molecule has 0 bridgehead atoms. The Labute approximate surface area is 136 Å². The fraction of sp³-hybridized carbons (Fsp3) is 0.385. The quantitative estimate of drug-likeness (QED) is 0.661. The lowest BCUT2D eigenvalue weighted by molar-refractivity contribution is -0.127. The summed E-state index contributed by atoms with van der Waals surface area (Å²) in [6.45, 7) is 4.83. The monoisotopic (exact) mass is 340 g/mol. The second kappa shape index (κ2) is 6.10. The lowest BCUT2D eigenvalue weighted by Gasteiger charge is -2.32. The molecule has 7 nitrogen and oxygen atoms in total. The van der Waals surface area contributed by atoms with E-state index in [2.05, 4.69) is 32.1 Å². The van der Waals surface area contributed by atoms with Gasteiger partial charge in [0, 0.05) is 19.1 Å². The van der Waals surface area contributed by atoms with Crippen LogP contribution >= 0.6 is 23.2 Å². The highest BCUT2D eigenvalue weighted by Gasteiger charge is 2.24. The molecule has 3 heterocycles. The maximum Gasteiger partial charge on any atom is 0.246 e. The number of aromatic nitrogens is 4. The van der Waals surface area contributed by atoms with Crippen molar-refractivity contribution in [3.63, 3.8) is 0 Å². The molecular weight excluding hydrogens is 327 g/mol. The standard InChI is InChI=1S/C13H14Cl2N6O/c1-2-8(22)21-5-3-4-7(6-21)16-11-9-10(14)19-20-12(9)18-13(15)17-11/h2,7H,1,3-6H2,(H2,16,17,18,19,20)/t7-/m1/s1. The zero-order chi connectivity index (χ0) is 15.7. The fourth-order valence-corrected chi connectivity index (χ4v) is 2.97. The maximum atomic E-state index is 11.7. The van der Waals surface area contributed by atoms with Gasteiger partial charge in [-0.2, -0.15) is 15.1 Å². The predicted octanol–water partition coefficient (Wildman–Crippen LogP) is 2.25. The van der Waals surface area contributed by atoms with E-state index in [1.54, 1.807) is 4.90 Å². The molecular formula is C13H14Cl2N6O. The molecule has 2 aromatic heterocycles. The normalized spacial score (nSPS) is 18.5. The van der Waals surface area contributed by atoms with E-state index in [0.29, 0.717) is 28.5 Å². The number of anilines is 1. The number of nitrogens with one attached hydrogen (secondary N) is 2. The van der Waals surface area contributed by atoms with Gasteiger partial charge in [-0.25, -0.2) is 0 Å². The summed E-state index contributed by atoms with van der Waals surface area (Å²) >= 11 is 12.0. The lowest BCUT2D eigenvalue weighted by atomic mass is 10.1. The molecule has 9 heteroatoms. The number of aromatic amines is 1. The van der Waals surface area contributed by atoms with Gasteiger partial charge in [-0.3, -0.25) is 9.89 Å². The number of nitrogens with zero attached hydrogens (tertiary/aromatic N) is 4. The van der Waals surface area contributed by atoms with Crippen LogP contribution in [0.1, 0.15) is 12.8 Å². The van der Waals surface area contributed by atoms with E-state index < -0.39 is 0 Å². The number of likely N-dealkylation sites (tertiary alicyclic amines) is 1. The molecule has 3 rings (SSSR count). The van der Waals surface area contributed by atoms with Gasteiger partial charge in [0.05, 0.1) is 0 Å². The van der Waals surface area contributed by atoms with Gasteiger partial charge in [0.2, 0.25) is 11.2 Å². The summed E-state index contributed by atoms with van der Waals surface area (Å²) in [6, 6.07) is 0.0535. The van der Waals surface area contributed by atoms with E-state index in [1.807, 2.05) is 0 Å². The van der Waals surface area contributed by atoms with Crippen LogP contribution in [0.4, 0.5) is 5.82 Å². The van der Waals surface area contributed by atoms with Crippen LogP contribution in [0.5, 0.6) is 0 Å². The second-order valence-corrected chi connectivity index (χ2v) is 5.77. The summed E-state index contributed by atoms with van der Waals surface area (Å²) in [6.07, 6.45) is 3.15. The molecule has 1 atom stereocenters. The number of rotatable bonds is 3. The minimum absolute atomic E-state index is 0.0535. The highest BCUT2D eigenvalue weighted by atomic mass is 35.5. The largest absolute Gasteiger partial charge is 0.365 e. The summed E-state index contributed by atoms with van der Waals surface area (Å²) in [5.41, 5.74) is 0.405. The Morgan fingerprint density at radius 1 is 1.45 bits per heavy atom. The van der Waals surface area contributed by atoms with Gasteiger partial charge in [-0.05, 0) is 30.5 Å². The first-order chi connectivity index (χ1) is 10.6. The second-order valence-electron chi connectivity index (χ2n) is 5.05. The Balaban J connectivity index is 1.85. The molecule has 0 aliphatic carbocycles. The topological polar surface area (TPSA) is 86.8 Å². The van der Waals surface area contributed by atoms with Crippen molar-refractivity contribution in [1.82, 2.24) is 25.1 Å². The van der Waals surface area contributed by atoms with Crippen molar-refractivity contribution in [2.24, 2.45) is 0 Å². The van der Waals surface area contributed by atoms with Crippen molar-refractivity contribution in [2.45, 2.75) is 18.9 Å². The molecule has 2 aromatic rings. The average Bonchev–Trinajstić information content (AvgIpc) is 2.88. The maximum absolute atomic E-state index is 11.7. The molecule has 2 N–H and O–H groups in total. The van der Waals surface area contributed by atoms with Gasteiger partial charge in [0.1, 0.15) is 16.4 Å². The van der Waals surface area contributed by atoms with E-state index in [4.69, 9.17) is 23.2 Å². The third-order valence-corrected chi connectivity index (χ3v) is 4.03. The highest BCUT2D eigenvalue weighted by molar-refractivity contribution is 6.35.